The van der Waals surface area contributed by atoms with Crippen molar-refractivity contribution in [2.75, 3.05) is 23.3 Å². The summed E-state index contributed by atoms with van der Waals surface area (Å²) in [5.41, 5.74) is 1.06. The van der Waals surface area contributed by atoms with Crippen LogP contribution in [0, 0.1) is 12.8 Å². The van der Waals surface area contributed by atoms with E-state index in [1.54, 1.807) is 12.3 Å². The van der Waals surface area contributed by atoms with Gasteiger partial charge in [0.2, 0.25) is 5.91 Å². The number of nitrogens with one attached hydrogen (secondary N) is 1. The van der Waals surface area contributed by atoms with Crippen LogP contribution in [0.2, 0.25) is 5.15 Å². The number of anilines is 2. The van der Waals surface area contributed by atoms with Crippen LogP contribution in [-0.2, 0) is 4.79 Å². The van der Waals surface area contributed by atoms with Gasteiger partial charge in [-0.3, -0.25) is 4.79 Å². The summed E-state index contributed by atoms with van der Waals surface area (Å²) >= 11 is 5.77. The normalized spacial score (nSPS) is 17.8. The average molecular weight is 332 g/mol. The number of aryl methyl sites for hydroxylation is 1. The van der Waals surface area contributed by atoms with E-state index in [0.29, 0.717) is 17.5 Å². The lowest BCUT2D eigenvalue weighted by molar-refractivity contribution is -0.120. The molecule has 7 heteroatoms. The second-order valence-corrected chi connectivity index (χ2v) is 6.10. The fourth-order valence-electron chi connectivity index (χ4n) is 2.65. The van der Waals surface area contributed by atoms with E-state index >= 15 is 0 Å². The third-order valence-corrected chi connectivity index (χ3v) is 4.10. The van der Waals surface area contributed by atoms with E-state index in [9.17, 15) is 4.79 Å². The zero-order valence-electron chi connectivity index (χ0n) is 12.9. The Kier molecular flexibility index (Phi) is 4.71. The summed E-state index contributed by atoms with van der Waals surface area (Å²) in [5.74, 6) is 1.24. The standard InChI is InChI=1S/C16H18ClN5O/c1-11-4-6-14(18-9-11)19-16(23)12-3-2-8-22(10-12)15-7-5-13(17)20-21-15/h4-7,9,12H,2-3,8,10H2,1H3,(H,18,19,23)/t12-/m0/s1. The molecule has 1 saturated heterocycles. The van der Waals surface area contributed by atoms with Crippen LogP contribution in [0.15, 0.2) is 30.5 Å². The van der Waals surface area contributed by atoms with Gasteiger partial charge < -0.3 is 10.2 Å². The maximum absolute atomic E-state index is 12.4. The van der Waals surface area contributed by atoms with Crippen molar-refractivity contribution in [3.05, 3.63) is 41.2 Å². The minimum absolute atomic E-state index is 0.00650. The Morgan fingerprint density at radius 2 is 2.17 bits per heavy atom. The highest BCUT2D eigenvalue weighted by molar-refractivity contribution is 6.29. The highest BCUT2D eigenvalue weighted by Crippen LogP contribution is 2.22. The number of hydrogen-bond donors (Lipinski definition) is 1. The molecule has 1 N–H and O–H groups in total. The quantitative estimate of drug-likeness (QED) is 0.936. The van der Waals surface area contributed by atoms with Gasteiger partial charge in [0.05, 0.1) is 5.92 Å². The molecule has 0 aromatic carbocycles. The summed E-state index contributed by atoms with van der Waals surface area (Å²) in [6.07, 6.45) is 3.53. The summed E-state index contributed by atoms with van der Waals surface area (Å²) in [6.45, 7) is 3.45. The van der Waals surface area contributed by atoms with Crippen LogP contribution in [0.4, 0.5) is 11.6 Å². The predicted octanol–water partition coefficient (Wildman–Crippen LogP) is 2.69. The molecule has 120 valence electrons. The molecule has 3 heterocycles. The summed E-state index contributed by atoms with van der Waals surface area (Å²) in [6, 6.07) is 7.29. The Morgan fingerprint density at radius 1 is 1.30 bits per heavy atom. The highest BCUT2D eigenvalue weighted by atomic mass is 35.5. The van der Waals surface area contributed by atoms with Crippen molar-refractivity contribution >= 4 is 29.1 Å². The highest BCUT2D eigenvalue weighted by Gasteiger charge is 2.27. The van der Waals surface area contributed by atoms with Crippen molar-refractivity contribution in [3.63, 3.8) is 0 Å². The topological polar surface area (TPSA) is 71.0 Å². The molecule has 1 amide bonds. The monoisotopic (exact) mass is 331 g/mol. The van der Waals surface area contributed by atoms with Gasteiger partial charge in [0.25, 0.3) is 0 Å². The molecule has 23 heavy (non-hydrogen) atoms. The predicted molar refractivity (Wildman–Crippen MR) is 89.6 cm³/mol. The number of pyridine rings is 1. The van der Waals surface area contributed by atoms with Gasteiger partial charge in [-0.1, -0.05) is 17.7 Å². The van der Waals surface area contributed by atoms with Gasteiger partial charge in [0.1, 0.15) is 5.82 Å². The maximum atomic E-state index is 12.4. The van der Waals surface area contributed by atoms with Gasteiger partial charge in [-0.15, -0.1) is 10.2 Å². The van der Waals surface area contributed by atoms with E-state index < -0.39 is 0 Å². The molecule has 1 aliphatic rings. The molecule has 1 atom stereocenters. The van der Waals surface area contributed by atoms with Crippen molar-refractivity contribution in [3.8, 4) is 0 Å². The molecule has 0 saturated carbocycles. The van der Waals surface area contributed by atoms with Crippen molar-refractivity contribution in [2.45, 2.75) is 19.8 Å². The van der Waals surface area contributed by atoms with E-state index in [-0.39, 0.29) is 11.8 Å². The Hall–Kier alpha value is -2.21. The molecule has 2 aromatic rings. The summed E-state index contributed by atoms with van der Waals surface area (Å²) in [4.78, 5) is 18.7. The van der Waals surface area contributed by atoms with Gasteiger partial charge in [0.15, 0.2) is 11.0 Å². The second kappa shape index (κ2) is 6.91. The zero-order valence-corrected chi connectivity index (χ0v) is 13.6. The van der Waals surface area contributed by atoms with Crippen molar-refractivity contribution in [1.29, 1.82) is 0 Å². The number of hydrogen-bond acceptors (Lipinski definition) is 5. The van der Waals surface area contributed by atoms with Crippen molar-refractivity contribution < 1.29 is 4.79 Å². The molecule has 2 aromatic heterocycles. The molecule has 1 aliphatic heterocycles. The number of piperidine rings is 1. The summed E-state index contributed by atoms with van der Waals surface area (Å²) < 4.78 is 0. The lowest BCUT2D eigenvalue weighted by atomic mass is 9.97. The number of carbonyl (C=O) groups excluding carboxylic acids is 1. The summed E-state index contributed by atoms with van der Waals surface area (Å²) in [5, 5.41) is 11.2. The minimum atomic E-state index is -0.0932. The van der Waals surface area contributed by atoms with Crippen LogP contribution in [0.5, 0.6) is 0 Å². The number of aromatic nitrogens is 3. The first-order valence-electron chi connectivity index (χ1n) is 7.59. The van der Waals surface area contributed by atoms with Crippen LogP contribution in [0.3, 0.4) is 0 Å². The smallest absolute Gasteiger partial charge is 0.230 e. The Bertz CT molecular complexity index is 674. The van der Waals surface area contributed by atoms with Gasteiger partial charge in [-0.05, 0) is 43.5 Å². The van der Waals surface area contributed by atoms with Crippen LogP contribution >= 0.6 is 11.6 Å². The Morgan fingerprint density at radius 3 is 2.87 bits per heavy atom. The fourth-order valence-corrected chi connectivity index (χ4v) is 2.75. The molecule has 0 bridgehead atoms. The van der Waals surface area contributed by atoms with Crippen LogP contribution in [0.1, 0.15) is 18.4 Å². The number of halogens is 1. The van der Waals surface area contributed by atoms with Gasteiger partial charge >= 0.3 is 0 Å². The van der Waals surface area contributed by atoms with Crippen LogP contribution in [-0.4, -0.2) is 34.2 Å². The van der Waals surface area contributed by atoms with Gasteiger partial charge in [0, 0.05) is 19.3 Å². The molecule has 0 aliphatic carbocycles. The molecule has 0 radical (unpaired) electrons. The van der Waals surface area contributed by atoms with Gasteiger partial charge in [-0.25, -0.2) is 4.98 Å². The van der Waals surface area contributed by atoms with E-state index in [2.05, 4.69) is 25.4 Å². The van der Waals surface area contributed by atoms with Crippen LogP contribution in [0.25, 0.3) is 0 Å². The number of rotatable bonds is 3. The SMILES string of the molecule is Cc1ccc(NC(=O)[C@H]2CCCN(c3ccc(Cl)nn3)C2)nc1. The van der Waals surface area contributed by atoms with E-state index in [1.165, 1.54) is 0 Å². The van der Waals surface area contributed by atoms with Crippen molar-refractivity contribution in [1.82, 2.24) is 15.2 Å². The average Bonchev–Trinajstić information content (AvgIpc) is 2.58. The molecular formula is C16H18ClN5O. The van der Waals surface area contributed by atoms with E-state index in [4.69, 9.17) is 11.6 Å². The second-order valence-electron chi connectivity index (χ2n) is 5.71. The Balaban J connectivity index is 1.64. The number of amides is 1. The maximum Gasteiger partial charge on any atom is 0.230 e. The van der Waals surface area contributed by atoms with E-state index in [1.807, 2.05) is 25.1 Å². The molecule has 0 spiro atoms. The molecule has 6 nitrogen and oxygen atoms in total. The first kappa shape index (κ1) is 15.7. The van der Waals surface area contributed by atoms with Gasteiger partial charge in [-0.2, -0.15) is 0 Å². The molecule has 3 rings (SSSR count). The number of carbonyl (C=O) groups is 1. The molecular weight excluding hydrogens is 314 g/mol. The number of nitrogens with zero attached hydrogens (tertiary/aromatic N) is 4. The summed E-state index contributed by atoms with van der Waals surface area (Å²) in [7, 11) is 0. The third kappa shape index (κ3) is 3.96. The van der Waals surface area contributed by atoms with Crippen LogP contribution < -0.4 is 10.2 Å². The largest absolute Gasteiger partial charge is 0.354 e. The first-order chi connectivity index (χ1) is 11.1. The minimum Gasteiger partial charge on any atom is -0.354 e. The third-order valence-electron chi connectivity index (χ3n) is 3.90. The lowest BCUT2D eigenvalue weighted by Gasteiger charge is -2.32. The van der Waals surface area contributed by atoms with E-state index in [0.717, 1.165) is 30.8 Å². The fraction of sp³-hybridized carbons (Fsp3) is 0.375. The molecule has 0 unspecified atom stereocenters. The Labute approximate surface area is 139 Å². The van der Waals surface area contributed by atoms with Crippen molar-refractivity contribution in [2.24, 2.45) is 5.92 Å². The lowest BCUT2D eigenvalue weighted by Crippen LogP contribution is -2.41. The zero-order chi connectivity index (χ0) is 16.2. The molecule has 1 fully saturated rings. The first-order valence-corrected chi connectivity index (χ1v) is 7.97.